The largest absolute Gasteiger partial charge is 0.350 e. The van der Waals surface area contributed by atoms with E-state index >= 15 is 0 Å². The minimum Gasteiger partial charge on any atom is -0.350 e. The molecule has 0 radical (unpaired) electrons. The Balaban J connectivity index is 2.66. The molecule has 18 heavy (non-hydrogen) atoms. The zero-order valence-corrected chi connectivity index (χ0v) is 12.5. The quantitative estimate of drug-likeness (QED) is 0.790. The average Bonchev–Trinajstić information content (AvgIpc) is 2.37. The molecule has 2 N–H and O–H groups in total. The fraction of sp³-hybridized carbons (Fsp3) is 0.462. The number of hydrogen-bond donors (Lipinski definition) is 2. The second kappa shape index (κ2) is 7.67. The first-order valence-corrected chi connectivity index (χ1v) is 7.53. The van der Waals surface area contributed by atoms with Gasteiger partial charge in [-0.25, -0.2) is 0 Å². The molecule has 0 unspecified atom stereocenters. The van der Waals surface area contributed by atoms with Crippen molar-refractivity contribution in [3.8, 4) is 0 Å². The Morgan fingerprint density at radius 3 is 2.83 bits per heavy atom. The Morgan fingerprint density at radius 1 is 1.50 bits per heavy atom. The van der Waals surface area contributed by atoms with Crippen molar-refractivity contribution in [3.63, 3.8) is 0 Å². The Kier molecular flexibility index (Phi) is 6.54. The molecule has 0 bridgehead atoms. The molecule has 0 saturated carbocycles. The van der Waals surface area contributed by atoms with Gasteiger partial charge in [-0.1, -0.05) is 18.5 Å². The van der Waals surface area contributed by atoms with Gasteiger partial charge in [-0.05, 0) is 37.9 Å². The second-order valence-corrected chi connectivity index (χ2v) is 5.30. The van der Waals surface area contributed by atoms with Crippen LogP contribution in [0, 0.1) is 0 Å². The maximum Gasteiger partial charge on any atom is 0.252 e. The third-order valence-electron chi connectivity index (χ3n) is 2.54. The zero-order chi connectivity index (χ0) is 13.5. The van der Waals surface area contributed by atoms with E-state index in [0.717, 1.165) is 11.4 Å². The van der Waals surface area contributed by atoms with Crippen LogP contribution >= 0.6 is 23.4 Å². The lowest BCUT2D eigenvalue weighted by atomic mass is 10.2. The number of thioether (sulfide) groups is 1. The number of hydrogen-bond acceptors (Lipinski definition) is 3. The summed E-state index contributed by atoms with van der Waals surface area (Å²) in [6, 6.07) is 5.74. The smallest absolute Gasteiger partial charge is 0.252 e. The van der Waals surface area contributed by atoms with Crippen molar-refractivity contribution in [2.75, 3.05) is 19.3 Å². The van der Waals surface area contributed by atoms with Gasteiger partial charge in [-0.15, -0.1) is 11.8 Å². The lowest BCUT2D eigenvalue weighted by Gasteiger charge is -2.14. The summed E-state index contributed by atoms with van der Waals surface area (Å²) in [7, 11) is 0. The standard InChI is InChI=1S/C13H19ClN2OS/c1-4-15-9(2)8-16-13(17)11-7-10(18-3)5-6-12(11)14/h5-7,9,15H,4,8H2,1-3H3,(H,16,17)/t9-/m1/s1. The fourth-order valence-electron chi connectivity index (χ4n) is 1.57. The molecular formula is C13H19ClN2OS. The molecule has 1 aromatic rings. The molecule has 0 spiro atoms. The Labute approximate surface area is 118 Å². The molecule has 5 heteroatoms. The van der Waals surface area contributed by atoms with Gasteiger partial charge in [0.25, 0.3) is 5.91 Å². The molecule has 0 aromatic heterocycles. The molecule has 1 atom stereocenters. The molecule has 0 fully saturated rings. The first-order chi connectivity index (χ1) is 8.58. The molecule has 0 aliphatic rings. The highest BCUT2D eigenvalue weighted by Crippen LogP contribution is 2.22. The van der Waals surface area contributed by atoms with Crippen molar-refractivity contribution in [1.29, 1.82) is 0 Å². The number of nitrogens with one attached hydrogen (secondary N) is 2. The van der Waals surface area contributed by atoms with Crippen molar-refractivity contribution in [1.82, 2.24) is 10.6 Å². The number of likely N-dealkylation sites (N-methyl/N-ethyl adjacent to an activating group) is 1. The summed E-state index contributed by atoms with van der Waals surface area (Å²) < 4.78 is 0. The monoisotopic (exact) mass is 286 g/mol. The molecule has 0 aliphatic heterocycles. The van der Waals surface area contributed by atoms with Crippen LogP contribution in [0.25, 0.3) is 0 Å². The predicted molar refractivity (Wildman–Crippen MR) is 78.7 cm³/mol. The summed E-state index contributed by atoms with van der Waals surface area (Å²) in [6.45, 7) is 5.55. The molecule has 1 aromatic carbocycles. The molecular weight excluding hydrogens is 268 g/mol. The highest BCUT2D eigenvalue weighted by molar-refractivity contribution is 7.98. The number of amides is 1. The predicted octanol–water partition coefficient (Wildman–Crippen LogP) is 2.79. The van der Waals surface area contributed by atoms with E-state index < -0.39 is 0 Å². The highest BCUT2D eigenvalue weighted by atomic mass is 35.5. The number of carbonyl (C=O) groups excluding carboxylic acids is 1. The third-order valence-corrected chi connectivity index (χ3v) is 3.59. The van der Waals surface area contributed by atoms with Crippen LogP contribution in [0.3, 0.4) is 0 Å². The fourth-order valence-corrected chi connectivity index (χ4v) is 2.21. The molecule has 0 heterocycles. The Hall–Kier alpha value is -0.710. The van der Waals surface area contributed by atoms with E-state index in [1.54, 1.807) is 17.8 Å². The van der Waals surface area contributed by atoms with Gasteiger partial charge < -0.3 is 10.6 Å². The van der Waals surface area contributed by atoms with Crippen LogP contribution in [0.15, 0.2) is 23.1 Å². The normalized spacial score (nSPS) is 12.2. The summed E-state index contributed by atoms with van der Waals surface area (Å²) in [5, 5.41) is 6.61. The van der Waals surface area contributed by atoms with Crippen LogP contribution in [0.4, 0.5) is 0 Å². The van der Waals surface area contributed by atoms with Crippen molar-refractivity contribution in [2.45, 2.75) is 24.8 Å². The van der Waals surface area contributed by atoms with E-state index in [0.29, 0.717) is 17.1 Å². The van der Waals surface area contributed by atoms with E-state index in [-0.39, 0.29) is 11.9 Å². The van der Waals surface area contributed by atoms with E-state index in [1.165, 1.54) is 0 Å². The SMILES string of the molecule is CCN[C@H](C)CNC(=O)c1cc(SC)ccc1Cl. The summed E-state index contributed by atoms with van der Waals surface area (Å²) in [4.78, 5) is 13.0. The van der Waals surface area contributed by atoms with E-state index in [9.17, 15) is 4.79 Å². The summed E-state index contributed by atoms with van der Waals surface area (Å²) in [5.41, 5.74) is 0.534. The van der Waals surface area contributed by atoms with Crippen molar-refractivity contribution >= 4 is 29.3 Å². The maximum absolute atomic E-state index is 12.0. The molecule has 0 saturated heterocycles. The lowest BCUT2D eigenvalue weighted by molar-refractivity contribution is 0.0950. The topological polar surface area (TPSA) is 41.1 Å². The van der Waals surface area contributed by atoms with Crippen LogP contribution in [-0.4, -0.2) is 31.3 Å². The minimum atomic E-state index is -0.124. The summed E-state index contributed by atoms with van der Waals surface area (Å²) in [6.07, 6.45) is 1.97. The van der Waals surface area contributed by atoms with Crippen LogP contribution in [0.5, 0.6) is 0 Å². The van der Waals surface area contributed by atoms with Crippen LogP contribution < -0.4 is 10.6 Å². The minimum absolute atomic E-state index is 0.124. The summed E-state index contributed by atoms with van der Waals surface area (Å²) in [5.74, 6) is -0.124. The van der Waals surface area contributed by atoms with Gasteiger partial charge >= 0.3 is 0 Å². The number of rotatable bonds is 6. The van der Waals surface area contributed by atoms with Crippen molar-refractivity contribution < 1.29 is 4.79 Å². The first kappa shape index (κ1) is 15.3. The average molecular weight is 287 g/mol. The number of carbonyl (C=O) groups is 1. The highest BCUT2D eigenvalue weighted by Gasteiger charge is 2.11. The molecule has 0 aliphatic carbocycles. The Morgan fingerprint density at radius 2 is 2.22 bits per heavy atom. The van der Waals surface area contributed by atoms with E-state index in [4.69, 9.17) is 11.6 Å². The van der Waals surface area contributed by atoms with Crippen LogP contribution in [0.2, 0.25) is 5.02 Å². The van der Waals surface area contributed by atoms with Gasteiger partial charge in [-0.2, -0.15) is 0 Å². The van der Waals surface area contributed by atoms with Crippen molar-refractivity contribution in [3.05, 3.63) is 28.8 Å². The second-order valence-electron chi connectivity index (χ2n) is 4.01. The van der Waals surface area contributed by atoms with Gasteiger partial charge in [0.15, 0.2) is 0 Å². The molecule has 3 nitrogen and oxygen atoms in total. The van der Waals surface area contributed by atoms with E-state index in [2.05, 4.69) is 10.6 Å². The van der Waals surface area contributed by atoms with Gasteiger partial charge in [0, 0.05) is 17.5 Å². The molecule has 1 rings (SSSR count). The van der Waals surface area contributed by atoms with Crippen LogP contribution in [-0.2, 0) is 0 Å². The molecule has 1 amide bonds. The van der Waals surface area contributed by atoms with Crippen LogP contribution in [0.1, 0.15) is 24.2 Å². The van der Waals surface area contributed by atoms with Gasteiger partial charge in [-0.3, -0.25) is 4.79 Å². The van der Waals surface area contributed by atoms with Gasteiger partial charge in [0.05, 0.1) is 10.6 Å². The maximum atomic E-state index is 12.0. The molecule has 100 valence electrons. The lowest BCUT2D eigenvalue weighted by Crippen LogP contribution is -2.38. The van der Waals surface area contributed by atoms with Gasteiger partial charge in [0.2, 0.25) is 0 Å². The third kappa shape index (κ3) is 4.52. The Bertz CT molecular complexity index is 412. The first-order valence-electron chi connectivity index (χ1n) is 5.93. The number of halogens is 1. The van der Waals surface area contributed by atoms with E-state index in [1.807, 2.05) is 32.2 Å². The van der Waals surface area contributed by atoms with Gasteiger partial charge in [0.1, 0.15) is 0 Å². The van der Waals surface area contributed by atoms with Crippen molar-refractivity contribution in [2.24, 2.45) is 0 Å². The number of benzene rings is 1. The zero-order valence-electron chi connectivity index (χ0n) is 10.9. The summed E-state index contributed by atoms with van der Waals surface area (Å²) >= 11 is 7.63.